The Labute approximate surface area is 232 Å². The van der Waals surface area contributed by atoms with Crippen LogP contribution in [-0.4, -0.2) is 48.7 Å². The van der Waals surface area contributed by atoms with Gasteiger partial charge in [-0.05, 0) is 42.0 Å². The first-order chi connectivity index (χ1) is 19.0. The first-order valence-electron chi connectivity index (χ1n) is 11.9. The molecular weight excluding hydrogens is 540 g/mol. The summed E-state index contributed by atoms with van der Waals surface area (Å²) in [5.41, 5.74) is 1.72. The van der Waals surface area contributed by atoms with E-state index in [0.29, 0.717) is 39.8 Å². The zero-order valence-corrected chi connectivity index (χ0v) is 23.3. The monoisotopic (exact) mass is 568 g/mol. The van der Waals surface area contributed by atoms with Gasteiger partial charge in [-0.2, -0.15) is 8.42 Å². The molecule has 4 rings (SSSR count). The number of carbonyl (C=O) groups excluding carboxylic acids is 2. The summed E-state index contributed by atoms with van der Waals surface area (Å²) < 4.78 is 53.2. The van der Waals surface area contributed by atoms with Crippen molar-refractivity contribution in [3.05, 3.63) is 72.3 Å². The average molecular weight is 569 g/mol. The van der Waals surface area contributed by atoms with E-state index in [9.17, 15) is 18.0 Å². The molecule has 0 aromatic heterocycles. The van der Waals surface area contributed by atoms with Crippen molar-refractivity contribution < 1.29 is 41.1 Å². The second-order valence-corrected chi connectivity index (χ2v) is 10.2. The van der Waals surface area contributed by atoms with Crippen LogP contribution in [-0.2, 0) is 19.7 Å². The Kier molecular flexibility index (Phi) is 7.91. The minimum atomic E-state index is -4.28. The fourth-order valence-corrected chi connectivity index (χ4v) is 5.24. The molecule has 0 bridgehead atoms. The van der Waals surface area contributed by atoms with Crippen molar-refractivity contribution in [1.29, 1.82) is 0 Å². The van der Waals surface area contributed by atoms with Gasteiger partial charge in [0, 0.05) is 30.3 Å². The zero-order valence-electron chi connectivity index (χ0n) is 22.5. The van der Waals surface area contributed by atoms with Crippen LogP contribution < -0.4 is 33.3 Å². The molecule has 1 N–H and O–H groups in total. The lowest BCUT2D eigenvalue weighted by Gasteiger charge is -2.42. The summed E-state index contributed by atoms with van der Waals surface area (Å²) in [6, 6.07) is 12.9. The predicted molar refractivity (Wildman–Crippen MR) is 147 cm³/mol. The molecule has 2 amide bonds. The lowest BCUT2D eigenvalue weighted by Crippen LogP contribution is -2.48. The summed E-state index contributed by atoms with van der Waals surface area (Å²) in [5.74, 6) is 0.549. The van der Waals surface area contributed by atoms with Crippen LogP contribution in [0.3, 0.4) is 0 Å². The van der Waals surface area contributed by atoms with Crippen molar-refractivity contribution in [2.45, 2.75) is 17.9 Å². The molecule has 210 valence electrons. The van der Waals surface area contributed by atoms with Crippen LogP contribution in [0.1, 0.15) is 18.5 Å². The number of nitrogens with zero attached hydrogens (tertiary/aromatic N) is 1. The van der Waals surface area contributed by atoms with Gasteiger partial charge in [-0.3, -0.25) is 14.5 Å². The van der Waals surface area contributed by atoms with Crippen LogP contribution in [0.5, 0.6) is 28.7 Å². The van der Waals surface area contributed by atoms with Gasteiger partial charge in [-0.1, -0.05) is 12.6 Å². The fraction of sp³-hybridized carbons (Fsp3) is 0.214. The molecule has 3 aromatic carbocycles. The topological polar surface area (TPSA) is 130 Å². The van der Waals surface area contributed by atoms with Crippen molar-refractivity contribution >= 4 is 33.3 Å². The third-order valence-corrected chi connectivity index (χ3v) is 7.42. The van der Waals surface area contributed by atoms with Gasteiger partial charge in [0.1, 0.15) is 4.90 Å². The maximum Gasteiger partial charge on any atom is 0.339 e. The highest BCUT2D eigenvalue weighted by Crippen LogP contribution is 2.48. The number of amides is 2. The number of rotatable bonds is 10. The molecule has 1 atom stereocenters. The van der Waals surface area contributed by atoms with Gasteiger partial charge in [0.25, 0.3) is 5.91 Å². The Morgan fingerprint density at radius 3 is 1.98 bits per heavy atom. The summed E-state index contributed by atoms with van der Waals surface area (Å²) in [6.07, 6.45) is 0. The molecule has 1 fully saturated rings. The van der Waals surface area contributed by atoms with E-state index in [4.69, 9.17) is 23.1 Å². The van der Waals surface area contributed by atoms with Gasteiger partial charge >= 0.3 is 10.1 Å². The average Bonchev–Trinajstić information content (AvgIpc) is 2.94. The normalized spacial score (nSPS) is 14.7. The number of β-lactam (4-membered cyclic amide) rings is 1. The number of anilines is 2. The van der Waals surface area contributed by atoms with E-state index in [1.807, 2.05) is 0 Å². The van der Waals surface area contributed by atoms with E-state index in [1.165, 1.54) is 70.6 Å². The molecule has 0 saturated carbocycles. The number of hydrogen-bond acceptors (Lipinski definition) is 9. The molecule has 0 radical (unpaired) electrons. The van der Waals surface area contributed by atoms with Gasteiger partial charge < -0.3 is 28.4 Å². The van der Waals surface area contributed by atoms with Crippen molar-refractivity contribution in [2.24, 2.45) is 0 Å². The van der Waals surface area contributed by atoms with Gasteiger partial charge in [0.15, 0.2) is 23.0 Å². The highest BCUT2D eigenvalue weighted by molar-refractivity contribution is 7.87. The number of methoxy groups -OCH3 is 4. The second-order valence-electron chi connectivity index (χ2n) is 8.64. The van der Waals surface area contributed by atoms with Crippen LogP contribution in [0, 0.1) is 0 Å². The summed E-state index contributed by atoms with van der Waals surface area (Å²) in [5, 5.41) is 2.57. The van der Waals surface area contributed by atoms with Crippen molar-refractivity contribution in [3.63, 3.8) is 0 Å². The molecular formula is C28H28N2O9S. The number of benzene rings is 3. The van der Waals surface area contributed by atoms with E-state index >= 15 is 0 Å². The Morgan fingerprint density at radius 1 is 0.850 bits per heavy atom. The summed E-state index contributed by atoms with van der Waals surface area (Å²) in [6.45, 7) is 5.27. The van der Waals surface area contributed by atoms with Gasteiger partial charge in [-0.15, -0.1) is 0 Å². The van der Waals surface area contributed by atoms with Crippen LogP contribution in [0.2, 0.25) is 0 Å². The van der Waals surface area contributed by atoms with E-state index in [0.717, 1.165) is 0 Å². The summed E-state index contributed by atoms with van der Waals surface area (Å²) in [4.78, 5) is 25.6. The van der Waals surface area contributed by atoms with Gasteiger partial charge in [0.05, 0.1) is 40.2 Å². The Balaban J connectivity index is 1.69. The molecule has 3 aromatic rings. The molecule has 0 aliphatic carbocycles. The van der Waals surface area contributed by atoms with Gasteiger partial charge in [-0.25, -0.2) is 0 Å². The maximum atomic E-state index is 13.1. The fourth-order valence-electron chi connectivity index (χ4n) is 4.30. The maximum absolute atomic E-state index is 13.1. The van der Waals surface area contributed by atoms with Crippen LogP contribution in [0.25, 0.3) is 0 Å². The second kappa shape index (κ2) is 11.2. The predicted octanol–water partition coefficient (Wildman–Crippen LogP) is 4.09. The number of nitrogens with one attached hydrogen (secondary N) is 1. The quantitative estimate of drug-likeness (QED) is 0.218. The van der Waals surface area contributed by atoms with Crippen molar-refractivity contribution in [2.75, 3.05) is 38.7 Å². The molecule has 0 spiro atoms. The van der Waals surface area contributed by atoms with E-state index in [2.05, 4.69) is 11.9 Å². The molecule has 11 nitrogen and oxygen atoms in total. The number of hydrogen-bond donors (Lipinski definition) is 1. The van der Waals surface area contributed by atoms with Gasteiger partial charge in [0.2, 0.25) is 11.7 Å². The molecule has 12 heteroatoms. The minimum Gasteiger partial charge on any atom is -0.493 e. The van der Waals surface area contributed by atoms with Crippen molar-refractivity contribution in [1.82, 2.24) is 0 Å². The molecule has 1 aliphatic heterocycles. The first kappa shape index (κ1) is 28.3. The van der Waals surface area contributed by atoms with E-state index in [1.54, 1.807) is 24.3 Å². The highest BCUT2D eigenvalue weighted by atomic mass is 32.2. The van der Waals surface area contributed by atoms with Crippen molar-refractivity contribution in [3.8, 4) is 28.7 Å². The number of carbonyl (C=O) groups is 2. The Bertz CT molecular complexity index is 1560. The molecule has 1 aliphatic rings. The minimum absolute atomic E-state index is 0.0806. The van der Waals surface area contributed by atoms with Crippen LogP contribution in [0.15, 0.2) is 71.6 Å². The first-order valence-corrected chi connectivity index (χ1v) is 13.3. The largest absolute Gasteiger partial charge is 0.493 e. The number of ether oxygens (including phenoxy) is 4. The summed E-state index contributed by atoms with van der Waals surface area (Å²) in [7, 11) is 1.51. The lowest BCUT2D eigenvalue weighted by molar-refractivity contribution is -0.119. The zero-order chi connectivity index (χ0) is 29.2. The summed E-state index contributed by atoms with van der Waals surface area (Å²) >= 11 is 0. The molecule has 1 heterocycles. The molecule has 1 unspecified atom stereocenters. The standard InChI is InChI=1S/C28H28N2O9S/c1-16-26(30(28(16)32)20-14-24(36-4)27(38-6)25(15-20)37-5)18-7-12-22(35-3)23(13-18)39-40(33,34)21-10-8-19(9-11-21)29-17(2)31/h7-15,26H,1H2,2-6H3,(H,29,31). The van der Waals surface area contributed by atoms with Crippen LogP contribution in [0.4, 0.5) is 11.4 Å². The SMILES string of the molecule is C=C1C(=O)N(c2cc(OC)c(OC)c(OC)c2)C1c1ccc(OC)c(OS(=O)(=O)c2ccc(NC(C)=O)cc2)c1. The Hall–Kier alpha value is -4.71. The van der Waals surface area contributed by atoms with Crippen LogP contribution >= 0.6 is 0 Å². The lowest BCUT2D eigenvalue weighted by atomic mass is 9.88. The van der Waals surface area contributed by atoms with E-state index in [-0.39, 0.29) is 28.2 Å². The molecule has 40 heavy (non-hydrogen) atoms. The van der Waals surface area contributed by atoms with E-state index < -0.39 is 16.2 Å². The third-order valence-electron chi connectivity index (χ3n) is 6.18. The highest BCUT2D eigenvalue weighted by Gasteiger charge is 2.43. The smallest absolute Gasteiger partial charge is 0.339 e. The Morgan fingerprint density at radius 2 is 1.45 bits per heavy atom. The molecule has 1 saturated heterocycles. The third kappa shape index (κ3) is 5.25.